The van der Waals surface area contributed by atoms with Crippen LogP contribution in [0.25, 0.3) is 0 Å². The quantitative estimate of drug-likeness (QED) is 0.904. The molecule has 2 saturated heterocycles. The number of amides is 2. The van der Waals surface area contributed by atoms with Crippen molar-refractivity contribution >= 4 is 35.1 Å². The predicted molar refractivity (Wildman–Crippen MR) is 88.9 cm³/mol. The molecule has 2 aliphatic heterocycles. The lowest BCUT2D eigenvalue weighted by Gasteiger charge is -2.31. The Morgan fingerprint density at radius 2 is 1.71 bits per heavy atom. The van der Waals surface area contributed by atoms with Gasteiger partial charge in [0, 0.05) is 36.8 Å². The van der Waals surface area contributed by atoms with Crippen molar-refractivity contribution in [3.05, 3.63) is 29.3 Å². The highest BCUT2D eigenvalue weighted by Gasteiger charge is 2.38. The average Bonchev–Trinajstić information content (AvgIpc) is 2.97. The van der Waals surface area contributed by atoms with E-state index in [1.165, 1.54) is 0 Å². The number of carboxylic acid groups (broad SMARTS) is 1. The standard InChI is InChI=1S/C17H19ClN2O4/c18-13-1-3-14(4-2-13)20-10-12(9-15(20)21)16(22)19-7-5-11(6-8-19)17(23)24/h1-4,11-12H,5-10H2,(H,23,24)/t12-/m0/s1. The monoisotopic (exact) mass is 350 g/mol. The molecule has 2 aliphatic rings. The van der Waals surface area contributed by atoms with Crippen LogP contribution in [0.2, 0.25) is 5.02 Å². The number of hydrogen-bond donors (Lipinski definition) is 1. The Balaban J connectivity index is 1.62. The summed E-state index contributed by atoms with van der Waals surface area (Å²) >= 11 is 5.86. The predicted octanol–water partition coefficient (Wildman–Crippen LogP) is 2.02. The first-order valence-electron chi connectivity index (χ1n) is 8.03. The maximum absolute atomic E-state index is 12.6. The lowest BCUT2D eigenvalue weighted by Crippen LogP contribution is -2.43. The number of hydrogen-bond acceptors (Lipinski definition) is 3. The Kier molecular flexibility index (Phi) is 4.76. The first kappa shape index (κ1) is 16.8. The second-order valence-electron chi connectivity index (χ2n) is 6.32. The van der Waals surface area contributed by atoms with E-state index < -0.39 is 5.97 Å². The zero-order chi connectivity index (χ0) is 17.3. The van der Waals surface area contributed by atoms with Crippen molar-refractivity contribution in [1.29, 1.82) is 0 Å². The smallest absolute Gasteiger partial charge is 0.306 e. The molecule has 2 heterocycles. The number of nitrogens with zero attached hydrogens (tertiary/aromatic N) is 2. The molecular formula is C17H19ClN2O4. The summed E-state index contributed by atoms with van der Waals surface area (Å²) in [6.07, 6.45) is 1.14. The van der Waals surface area contributed by atoms with Gasteiger partial charge in [-0.2, -0.15) is 0 Å². The summed E-state index contributed by atoms with van der Waals surface area (Å²) in [5.41, 5.74) is 0.740. The van der Waals surface area contributed by atoms with E-state index >= 15 is 0 Å². The van der Waals surface area contributed by atoms with E-state index in [-0.39, 0.29) is 30.1 Å². The van der Waals surface area contributed by atoms with Crippen LogP contribution in [0.3, 0.4) is 0 Å². The minimum absolute atomic E-state index is 0.0522. The molecular weight excluding hydrogens is 332 g/mol. The molecule has 2 fully saturated rings. The van der Waals surface area contributed by atoms with E-state index in [9.17, 15) is 14.4 Å². The number of carboxylic acids is 1. The van der Waals surface area contributed by atoms with Crippen molar-refractivity contribution in [3.8, 4) is 0 Å². The number of carbonyl (C=O) groups excluding carboxylic acids is 2. The van der Waals surface area contributed by atoms with Crippen LogP contribution in [-0.4, -0.2) is 47.4 Å². The lowest BCUT2D eigenvalue weighted by atomic mass is 9.95. The topological polar surface area (TPSA) is 77.9 Å². The molecule has 24 heavy (non-hydrogen) atoms. The zero-order valence-electron chi connectivity index (χ0n) is 13.2. The van der Waals surface area contributed by atoms with Crippen LogP contribution < -0.4 is 4.90 Å². The normalized spacial score (nSPS) is 22.0. The van der Waals surface area contributed by atoms with Crippen LogP contribution >= 0.6 is 11.6 Å². The molecule has 0 unspecified atom stereocenters. The van der Waals surface area contributed by atoms with E-state index in [0.717, 1.165) is 5.69 Å². The molecule has 1 aromatic carbocycles. The number of halogens is 1. The van der Waals surface area contributed by atoms with Gasteiger partial charge in [-0.1, -0.05) is 11.6 Å². The van der Waals surface area contributed by atoms with Crippen LogP contribution in [-0.2, 0) is 14.4 Å². The number of benzene rings is 1. The van der Waals surface area contributed by atoms with Gasteiger partial charge >= 0.3 is 5.97 Å². The van der Waals surface area contributed by atoms with Crippen LogP contribution in [0.5, 0.6) is 0 Å². The summed E-state index contributed by atoms with van der Waals surface area (Å²) in [5.74, 6) is -1.66. The minimum Gasteiger partial charge on any atom is -0.481 e. The molecule has 0 aliphatic carbocycles. The van der Waals surface area contributed by atoms with Gasteiger partial charge in [-0.15, -0.1) is 0 Å². The molecule has 2 amide bonds. The van der Waals surface area contributed by atoms with Crippen LogP contribution in [0.1, 0.15) is 19.3 Å². The maximum Gasteiger partial charge on any atom is 0.306 e. The van der Waals surface area contributed by atoms with E-state index in [1.807, 2.05) is 0 Å². The lowest BCUT2D eigenvalue weighted by molar-refractivity contribution is -0.146. The number of likely N-dealkylation sites (tertiary alicyclic amines) is 1. The summed E-state index contributed by atoms with van der Waals surface area (Å²) in [6, 6.07) is 6.98. The molecule has 0 saturated carbocycles. The van der Waals surface area contributed by atoms with Crippen molar-refractivity contribution in [1.82, 2.24) is 4.90 Å². The van der Waals surface area contributed by atoms with Crippen molar-refractivity contribution in [2.24, 2.45) is 11.8 Å². The highest BCUT2D eigenvalue weighted by atomic mass is 35.5. The van der Waals surface area contributed by atoms with Crippen molar-refractivity contribution in [2.75, 3.05) is 24.5 Å². The number of aliphatic carboxylic acids is 1. The fourth-order valence-electron chi connectivity index (χ4n) is 3.35. The van der Waals surface area contributed by atoms with Crippen LogP contribution in [0.4, 0.5) is 5.69 Å². The number of carbonyl (C=O) groups is 3. The van der Waals surface area contributed by atoms with Gasteiger partial charge in [0.2, 0.25) is 11.8 Å². The van der Waals surface area contributed by atoms with Gasteiger partial charge in [-0.05, 0) is 37.1 Å². The maximum atomic E-state index is 12.6. The van der Waals surface area contributed by atoms with E-state index in [1.54, 1.807) is 34.1 Å². The van der Waals surface area contributed by atoms with E-state index in [4.69, 9.17) is 16.7 Å². The number of anilines is 1. The van der Waals surface area contributed by atoms with Crippen molar-refractivity contribution < 1.29 is 19.5 Å². The summed E-state index contributed by atoms with van der Waals surface area (Å²) in [7, 11) is 0. The Labute approximate surface area is 145 Å². The highest BCUT2D eigenvalue weighted by molar-refractivity contribution is 6.30. The summed E-state index contributed by atoms with van der Waals surface area (Å²) in [6.45, 7) is 1.25. The molecule has 128 valence electrons. The third-order valence-electron chi connectivity index (χ3n) is 4.77. The van der Waals surface area contributed by atoms with Gasteiger partial charge in [0.25, 0.3) is 0 Å². The van der Waals surface area contributed by atoms with Gasteiger partial charge in [-0.3, -0.25) is 14.4 Å². The first-order valence-corrected chi connectivity index (χ1v) is 8.41. The van der Waals surface area contributed by atoms with Gasteiger partial charge in [0.1, 0.15) is 0 Å². The number of rotatable bonds is 3. The Bertz CT molecular complexity index is 653. The van der Waals surface area contributed by atoms with Gasteiger partial charge in [0.15, 0.2) is 0 Å². The van der Waals surface area contributed by atoms with Crippen molar-refractivity contribution in [3.63, 3.8) is 0 Å². The fraction of sp³-hybridized carbons (Fsp3) is 0.471. The van der Waals surface area contributed by atoms with E-state index in [0.29, 0.717) is 37.5 Å². The van der Waals surface area contributed by atoms with Gasteiger partial charge in [-0.25, -0.2) is 0 Å². The molecule has 1 aromatic rings. The summed E-state index contributed by atoms with van der Waals surface area (Å²) in [5, 5.41) is 9.62. The largest absolute Gasteiger partial charge is 0.481 e. The van der Waals surface area contributed by atoms with Crippen LogP contribution in [0, 0.1) is 11.8 Å². The third-order valence-corrected chi connectivity index (χ3v) is 5.02. The molecule has 3 rings (SSSR count). The van der Waals surface area contributed by atoms with Crippen LogP contribution in [0.15, 0.2) is 24.3 Å². The molecule has 1 atom stereocenters. The third kappa shape index (κ3) is 3.38. The molecule has 0 bridgehead atoms. The Hall–Kier alpha value is -2.08. The zero-order valence-corrected chi connectivity index (χ0v) is 13.9. The molecule has 6 nitrogen and oxygen atoms in total. The second-order valence-corrected chi connectivity index (χ2v) is 6.76. The van der Waals surface area contributed by atoms with Crippen molar-refractivity contribution in [2.45, 2.75) is 19.3 Å². The van der Waals surface area contributed by atoms with E-state index in [2.05, 4.69) is 0 Å². The molecule has 0 aromatic heterocycles. The average molecular weight is 351 g/mol. The SMILES string of the molecule is O=C(O)C1CCN(C(=O)[C@H]2CC(=O)N(c3ccc(Cl)cc3)C2)CC1. The highest BCUT2D eigenvalue weighted by Crippen LogP contribution is 2.28. The summed E-state index contributed by atoms with van der Waals surface area (Å²) in [4.78, 5) is 39.2. The molecule has 1 N–H and O–H groups in total. The molecule has 0 radical (unpaired) electrons. The minimum atomic E-state index is -0.799. The molecule has 7 heteroatoms. The first-order chi connectivity index (χ1) is 11.5. The van der Waals surface area contributed by atoms with Gasteiger partial charge < -0.3 is 14.9 Å². The van der Waals surface area contributed by atoms with Gasteiger partial charge in [0.05, 0.1) is 11.8 Å². The number of piperidine rings is 1. The Morgan fingerprint density at radius 1 is 1.08 bits per heavy atom. The second kappa shape index (κ2) is 6.81. The summed E-state index contributed by atoms with van der Waals surface area (Å²) < 4.78 is 0. The fourth-order valence-corrected chi connectivity index (χ4v) is 3.47. The Morgan fingerprint density at radius 3 is 2.29 bits per heavy atom. The molecule has 0 spiro atoms.